The lowest BCUT2D eigenvalue weighted by atomic mass is 9.79. The number of rotatable bonds is 5. The van der Waals surface area contributed by atoms with Crippen LogP contribution in [0, 0.1) is 11.3 Å². The summed E-state index contributed by atoms with van der Waals surface area (Å²) in [7, 11) is -0.173. The van der Waals surface area contributed by atoms with Gasteiger partial charge in [0.15, 0.2) is 0 Å². The lowest BCUT2D eigenvalue weighted by Crippen LogP contribution is -2.31. The molecule has 2 rings (SSSR count). The van der Waals surface area contributed by atoms with Gasteiger partial charge in [-0.25, -0.2) is 0 Å². The molecule has 0 spiro atoms. The van der Waals surface area contributed by atoms with Crippen LogP contribution in [0.2, 0.25) is 0 Å². The summed E-state index contributed by atoms with van der Waals surface area (Å²) in [6, 6.07) is 13.9. The third kappa shape index (κ3) is 3.54. The molecule has 2 N–H and O–H groups in total. The van der Waals surface area contributed by atoms with Gasteiger partial charge in [0.2, 0.25) is 0 Å². The fourth-order valence-corrected chi connectivity index (χ4v) is 1.90. The Bertz CT molecular complexity index is 667. The van der Waals surface area contributed by atoms with E-state index in [9.17, 15) is 10.0 Å². The average Bonchev–Trinajstić information content (AvgIpc) is 2.52. The molecule has 0 aromatic heterocycles. The Morgan fingerprint density at radius 2 is 1.95 bits per heavy atom. The molecule has 5 nitrogen and oxygen atoms in total. The average molecular weight is 283 g/mol. The summed E-state index contributed by atoms with van der Waals surface area (Å²) in [5, 5.41) is 27.8. The van der Waals surface area contributed by atoms with Gasteiger partial charge in [0.05, 0.1) is 18.7 Å². The van der Waals surface area contributed by atoms with Crippen LogP contribution in [0.25, 0.3) is 0 Å². The second-order valence-corrected chi connectivity index (χ2v) is 4.34. The molecular weight excluding hydrogens is 269 g/mol. The Hall–Kier alpha value is -2.49. The van der Waals surface area contributed by atoms with Crippen LogP contribution in [-0.4, -0.2) is 24.3 Å². The summed E-state index contributed by atoms with van der Waals surface area (Å²) in [4.78, 5) is 0. The predicted octanol–water partition coefficient (Wildman–Crippen LogP) is 0.826. The zero-order chi connectivity index (χ0) is 15.2. The van der Waals surface area contributed by atoms with Crippen LogP contribution in [0.1, 0.15) is 11.1 Å². The van der Waals surface area contributed by atoms with E-state index in [0.717, 1.165) is 5.56 Å². The van der Waals surface area contributed by atoms with Crippen molar-refractivity contribution < 1.29 is 19.5 Å². The van der Waals surface area contributed by atoms with Gasteiger partial charge in [-0.1, -0.05) is 18.2 Å². The van der Waals surface area contributed by atoms with Crippen LogP contribution in [0.3, 0.4) is 0 Å². The van der Waals surface area contributed by atoms with Crippen molar-refractivity contribution in [3.63, 3.8) is 0 Å². The van der Waals surface area contributed by atoms with Gasteiger partial charge in [-0.15, -0.1) is 0 Å². The highest BCUT2D eigenvalue weighted by Gasteiger charge is 2.18. The van der Waals surface area contributed by atoms with E-state index in [4.69, 9.17) is 14.7 Å². The monoisotopic (exact) mass is 283 g/mol. The fourth-order valence-electron chi connectivity index (χ4n) is 1.90. The first kappa shape index (κ1) is 14.9. The molecule has 0 unspecified atom stereocenters. The van der Waals surface area contributed by atoms with Crippen molar-refractivity contribution in [3.8, 4) is 17.6 Å². The minimum atomic E-state index is -1.67. The molecule has 21 heavy (non-hydrogen) atoms. The fraction of sp³-hybridized carbons (Fsp3) is 0.133. The van der Waals surface area contributed by atoms with Crippen molar-refractivity contribution in [1.29, 1.82) is 5.26 Å². The van der Waals surface area contributed by atoms with Gasteiger partial charge in [-0.05, 0) is 24.3 Å². The number of ether oxygens (including phenoxy) is 2. The predicted molar refractivity (Wildman–Crippen MR) is 78.3 cm³/mol. The SMILES string of the molecule is COc1ccc(OCc2ccccc2C#N)c(B(O)O)c1. The molecule has 0 fully saturated rings. The summed E-state index contributed by atoms with van der Waals surface area (Å²) in [5.74, 6) is 0.835. The minimum absolute atomic E-state index is 0.162. The lowest BCUT2D eigenvalue weighted by Gasteiger charge is -2.13. The quantitative estimate of drug-likeness (QED) is 0.794. The van der Waals surface area contributed by atoms with Crippen LogP contribution < -0.4 is 14.9 Å². The van der Waals surface area contributed by atoms with Crippen LogP contribution in [0.4, 0.5) is 0 Å². The summed E-state index contributed by atoms with van der Waals surface area (Å²) in [6.07, 6.45) is 0. The van der Waals surface area contributed by atoms with Crippen molar-refractivity contribution in [1.82, 2.24) is 0 Å². The van der Waals surface area contributed by atoms with Crippen LogP contribution in [0.15, 0.2) is 42.5 Å². The van der Waals surface area contributed by atoms with E-state index >= 15 is 0 Å². The Morgan fingerprint density at radius 3 is 2.62 bits per heavy atom. The second-order valence-electron chi connectivity index (χ2n) is 4.34. The molecule has 6 heteroatoms. The lowest BCUT2D eigenvalue weighted by molar-refractivity contribution is 0.305. The topological polar surface area (TPSA) is 82.7 Å². The molecular formula is C15H14BNO4. The van der Waals surface area contributed by atoms with Crippen molar-refractivity contribution in [2.24, 2.45) is 0 Å². The maximum absolute atomic E-state index is 9.39. The minimum Gasteiger partial charge on any atom is -0.497 e. The Labute approximate surface area is 123 Å². The molecule has 0 bridgehead atoms. The van der Waals surface area contributed by atoms with Gasteiger partial charge in [0, 0.05) is 11.0 Å². The van der Waals surface area contributed by atoms with Crippen LogP contribution >= 0.6 is 0 Å². The Balaban J connectivity index is 2.22. The molecule has 0 aliphatic rings. The van der Waals surface area contributed by atoms with E-state index in [-0.39, 0.29) is 12.1 Å². The number of hydrogen-bond donors (Lipinski definition) is 2. The van der Waals surface area contributed by atoms with E-state index in [1.54, 1.807) is 30.3 Å². The van der Waals surface area contributed by atoms with Crippen LogP contribution in [-0.2, 0) is 6.61 Å². The zero-order valence-electron chi connectivity index (χ0n) is 11.5. The number of benzene rings is 2. The Morgan fingerprint density at radius 1 is 1.19 bits per heavy atom. The highest BCUT2D eigenvalue weighted by Crippen LogP contribution is 2.18. The third-order valence-corrected chi connectivity index (χ3v) is 3.02. The van der Waals surface area contributed by atoms with Crippen molar-refractivity contribution in [2.75, 3.05) is 7.11 Å². The summed E-state index contributed by atoms with van der Waals surface area (Å²) >= 11 is 0. The highest BCUT2D eigenvalue weighted by molar-refractivity contribution is 6.59. The molecule has 0 atom stereocenters. The molecule has 0 radical (unpaired) electrons. The molecule has 2 aromatic carbocycles. The second kappa shape index (κ2) is 6.79. The first-order valence-electron chi connectivity index (χ1n) is 6.30. The van der Waals surface area contributed by atoms with Gasteiger partial charge in [-0.3, -0.25) is 0 Å². The standard InChI is InChI=1S/C15H14BNO4/c1-20-13-6-7-15(14(8-13)16(18)19)21-10-12-5-3-2-4-11(12)9-17/h2-8,18-19H,10H2,1H3. The third-order valence-electron chi connectivity index (χ3n) is 3.02. The van der Waals surface area contributed by atoms with E-state index in [1.165, 1.54) is 13.2 Å². The number of methoxy groups -OCH3 is 1. The van der Waals surface area contributed by atoms with E-state index in [0.29, 0.717) is 17.1 Å². The number of nitrogens with zero attached hydrogens (tertiary/aromatic N) is 1. The van der Waals surface area contributed by atoms with E-state index in [2.05, 4.69) is 6.07 Å². The number of hydrogen-bond acceptors (Lipinski definition) is 5. The smallest absolute Gasteiger partial charge is 0.492 e. The summed E-state index contributed by atoms with van der Waals surface area (Å²) < 4.78 is 10.6. The molecule has 0 heterocycles. The van der Waals surface area contributed by atoms with E-state index < -0.39 is 7.12 Å². The normalized spacial score (nSPS) is 9.81. The molecule has 0 amide bonds. The van der Waals surface area contributed by atoms with Gasteiger partial charge in [0.25, 0.3) is 0 Å². The first-order valence-corrected chi connectivity index (χ1v) is 6.30. The summed E-state index contributed by atoms with van der Waals surface area (Å²) in [5.41, 5.74) is 1.47. The molecule has 0 saturated heterocycles. The molecule has 0 aliphatic carbocycles. The van der Waals surface area contributed by atoms with Crippen molar-refractivity contribution in [2.45, 2.75) is 6.61 Å². The first-order chi connectivity index (χ1) is 10.2. The van der Waals surface area contributed by atoms with Crippen molar-refractivity contribution >= 4 is 12.6 Å². The maximum atomic E-state index is 9.39. The number of nitriles is 1. The molecule has 0 saturated carbocycles. The molecule has 0 aliphatic heterocycles. The molecule has 106 valence electrons. The maximum Gasteiger partial charge on any atom is 0.492 e. The van der Waals surface area contributed by atoms with Crippen molar-refractivity contribution in [3.05, 3.63) is 53.6 Å². The van der Waals surface area contributed by atoms with Gasteiger partial charge < -0.3 is 19.5 Å². The zero-order valence-corrected chi connectivity index (χ0v) is 11.5. The van der Waals surface area contributed by atoms with Crippen LogP contribution in [0.5, 0.6) is 11.5 Å². The summed E-state index contributed by atoms with van der Waals surface area (Å²) in [6.45, 7) is 0.162. The van der Waals surface area contributed by atoms with Gasteiger partial charge in [0.1, 0.15) is 18.1 Å². The van der Waals surface area contributed by atoms with Gasteiger partial charge in [-0.2, -0.15) is 5.26 Å². The molecule has 2 aromatic rings. The Kier molecular flexibility index (Phi) is 4.83. The van der Waals surface area contributed by atoms with Gasteiger partial charge >= 0.3 is 7.12 Å². The highest BCUT2D eigenvalue weighted by atomic mass is 16.5. The van der Waals surface area contributed by atoms with E-state index in [1.807, 2.05) is 6.07 Å². The largest absolute Gasteiger partial charge is 0.497 e.